The molecule has 1 atom stereocenters. The highest BCUT2D eigenvalue weighted by Gasteiger charge is 2.29. The van der Waals surface area contributed by atoms with Gasteiger partial charge in [0, 0.05) is 31.0 Å². The van der Waals surface area contributed by atoms with Crippen LogP contribution in [0.1, 0.15) is 36.0 Å². The van der Waals surface area contributed by atoms with Crippen molar-refractivity contribution in [3.63, 3.8) is 0 Å². The van der Waals surface area contributed by atoms with Gasteiger partial charge in [0.25, 0.3) is 0 Å². The molecule has 1 aromatic rings. The van der Waals surface area contributed by atoms with Gasteiger partial charge in [-0.3, -0.25) is 14.4 Å². The van der Waals surface area contributed by atoms with Crippen LogP contribution in [-0.4, -0.2) is 57.0 Å². The van der Waals surface area contributed by atoms with Crippen LogP contribution in [0.25, 0.3) is 0 Å². The van der Waals surface area contributed by atoms with Crippen LogP contribution in [0.15, 0.2) is 18.2 Å². The first-order chi connectivity index (χ1) is 12.5. The number of hydrogen-bond donors (Lipinski definition) is 0. The average molecular weight is 363 g/mol. The first kappa shape index (κ1) is 19.8. The summed E-state index contributed by atoms with van der Waals surface area (Å²) in [7, 11) is 4.36. The Labute approximate surface area is 153 Å². The lowest BCUT2D eigenvalue weighted by Gasteiger charge is -2.32. The summed E-state index contributed by atoms with van der Waals surface area (Å²) in [6.07, 6.45) is 1.64. The number of methoxy groups -OCH3 is 3. The molecule has 0 unspecified atom stereocenters. The molecule has 2 rings (SSSR count). The highest BCUT2D eigenvalue weighted by Crippen LogP contribution is 2.30. The molecule has 1 fully saturated rings. The normalized spacial score (nSPS) is 16.7. The zero-order valence-corrected chi connectivity index (χ0v) is 15.4. The molecule has 7 nitrogen and oxygen atoms in total. The van der Waals surface area contributed by atoms with Gasteiger partial charge in [0.15, 0.2) is 17.3 Å². The van der Waals surface area contributed by atoms with E-state index in [0.29, 0.717) is 30.2 Å². The lowest BCUT2D eigenvalue weighted by molar-refractivity contribution is -0.144. The Hall–Kier alpha value is -2.57. The lowest BCUT2D eigenvalue weighted by Crippen LogP contribution is -2.42. The molecule has 0 saturated carbocycles. The van der Waals surface area contributed by atoms with Crippen LogP contribution in [0.3, 0.4) is 0 Å². The van der Waals surface area contributed by atoms with Crippen LogP contribution < -0.4 is 9.47 Å². The molecule has 142 valence electrons. The number of piperidine rings is 1. The molecule has 7 heteroatoms. The summed E-state index contributed by atoms with van der Waals surface area (Å²) >= 11 is 0. The molecular weight excluding hydrogens is 338 g/mol. The first-order valence-electron chi connectivity index (χ1n) is 8.61. The van der Waals surface area contributed by atoms with Crippen LogP contribution in [0.4, 0.5) is 0 Å². The first-order valence-corrected chi connectivity index (χ1v) is 8.61. The molecule has 0 radical (unpaired) electrons. The molecule has 0 aromatic heterocycles. The maximum Gasteiger partial charge on any atom is 0.306 e. The Morgan fingerprint density at radius 3 is 2.46 bits per heavy atom. The number of benzene rings is 1. The third-order valence-corrected chi connectivity index (χ3v) is 4.58. The van der Waals surface area contributed by atoms with E-state index in [-0.39, 0.29) is 30.4 Å². The zero-order chi connectivity index (χ0) is 19.1. The molecule has 1 amide bonds. The van der Waals surface area contributed by atoms with Gasteiger partial charge in [0.05, 0.1) is 27.8 Å². The second kappa shape index (κ2) is 9.22. The van der Waals surface area contributed by atoms with Crippen LogP contribution >= 0.6 is 0 Å². The molecule has 0 aliphatic carbocycles. The predicted molar refractivity (Wildman–Crippen MR) is 94.4 cm³/mol. The van der Waals surface area contributed by atoms with Gasteiger partial charge < -0.3 is 19.1 Å². The van der Waals surface area contributed by atoms with E-state index in [1.165, 1.54) is 21.3 Å². The molecule has 0 spiro atoms. The van der Waals surface area contributed by atoms with Crippen molar-refractivity contribution in [2.75, 3.05) is 34.4 Å². The van der Waals surface area contributed by atoms with Gasteiger partial charge >= 0.3 is 5.97 Å². The highest BCUT2D eigenvalue weighted by atomic mass is 16.5. The zero-order valence-electron chi connectivity index (χ0n) is 15.4. The summed E-state index contributed by atoms with van der Waals surface area (Å²) in [6.45, 7) is 0.975. The van der Waals surface area contributed by atoms with E-state index in [1.807, 2.05) is 0 Å². The molecule has 0 N–H and O–H groups in total. The van der Waals surface area contributed by atoms with Crippen LogP contribution in [0.2, 0.25) is 0 Å². The van der Waals surface area contributed by atoms with E-state index in [2.05, 4.69) is 4.74 Å². The van der Waals surface area contributed by atoms with Crippen molar-refractivity contribution in [3.8, 4) is 11.5 Å². The number of carbonyl (C=O) groups is 3. The fraction of sp³-hybridized carbons (Fsp3) is 0.526. The number of rotatable bonds is 7. The highest BCUT2D eigenvalue weighted by molar-refractivity contribution is 5.99. The third-order valence-electron chi connectivity index (χ3n) is 4.58. The van der Waals surface area contributed by atoms with Crippen molar-refractivity contribution in [1.29, 1.82) is 0 Å². The third kappa shape index (κ3) is 4.74. The number of amides is 1. The van der Waals surface area contributed by atoms with Crippen molar-refractivity contribution >= 4 is 17.7 Å². The molecule has 1 saturated heterocycles. The number of nitrogens with zero attached hydrogens (tertiary/aromatic N) is 1. The van der Waals surface area contributed by atoms with Crippen molar-refractivity contribution < 1.29 is 28.6 Å². The summed E-state index contributed by atoms with van der Waals surface area (Å²) < 4.78 is 15.0. The Kier molecular flexibility index (Phi) is 7.00. The van der Waals surface area contributed by atoms with Crippen molar-refractivity contribution in [2.45, 2.75) is 25.7 Å². The summed E-state index contributed by atoms with van der Waals surface area (Å²) in [5.41, 5.74) is 0.538. The minimum atomic E-state index is -0.409. The number of likely N-dealkylation sites (tertiary alicyclic amines) is 1. The topological polar surface area (TPSA) is 82.1 Å². The fourth-order valence-corrected chi connectivity index (χ4v) is 3.11. The number of ether oxygens (including phenoxy) is 3. The number of esters is 1. The van der Waals surface area contributed by atoms with E-state index in [0.717, 1.165) is 12.8 Å². The van der Waals surface area contributed by atoms with Crippen molar-refractivity contribution in [2.24, 2.45) is 5.92 Å². The smallest absolute Gasteiger partial charge is 0.306 e. The second-order valence-corrected chi connectivity index (χ2v) is 6.19. The number of carbonyl (C=O) groups excluding carboxylic acids is 3. The minimum Gasteiger partial charge on any atom is -0.493 e. The molecule has 0 bridgehead atoms. The lowest BCUT2D eigenvalue weighted by atomic mass is 9.89. The summed E-state index contributed by atoms with van der Waals surface area (Å²) in [5, 5.41) is 0. The van der Waals surface area contributed by atoms with Gasteiger partial charge in [-0.15, -0.1) is 0 Å². The molecule has 1 aliphatic rings. The van der Waals surface area contributed by atoms with Gasteiger partial charge in [-0.1, -0.05) is 0 Å². The van der Waals surface area contributed by atoms with Gasteiger partial charge in [0.2, 0.25) is 5.91 Å². The second-order valence-electron chi connectivity index (χ2n) is 6.19. The van der Waals surface area contributed by atoms with E-state index in [1.54, 1.807) is 23.1 Å². The fourth-order valence-electron chi connectivity index (χ4n) is 3.11. The average Bonchev–Trinajstić information content (AvgIpc) is 2.70. The predicted octanol–water partition coefficient (Wildman–Crippen LogP) is 2.08. The van der Waals surface area contributed by atoms with Crippen LogP contribution in [-0.2, 0) is 14.3 Å². The molecule has 26 heavy (non-hydrogen) atoms. The standard InChI is InChI=1S/C19H25NO6/c1-24-15-7-6-13(11-16(15)25-2)19(23)14-5-4-10-20(12-14)17(21)8-9-18(22)26-3/h6-7,11,14H,4-5,8-10,12H2,1-3H3/t14-/m0/s1. The summed E-state index contributed by atoms with van der Waals surface area (Å²) in [6, 6.07) is 5.08. The Balaban J connectivity index is 2.03. The van der Waals surface area contributed by atoms with Gasteiger partial charge in [-0.05, 0) is 31.0 Å². The summed E-state index contributed by atoms with van der Waals surface area (Å²) in [4.78, 5) is 38.0. The quantitative estimate of drug-likeness (QED) is 0.545. The Bertz CT molecular complexity index is 672. The van der Waals surface area contributed by atoms with Crippen molar-refractivity contribution in [1.82, 2.24) is 4.90 Å². The maximum atomic E-state index is 12.8. The number of ketones is 1. The van der Waals surface area contributed by atoms with E-state index < -0.39 is 5.97 Å². The Morgan fingerprint density at radius 2 is 1.81 bits per heavy atom. The Morgan fingerprint density at radius 1 is 1.08 bits per heavy atom. The maximum absolute atomic E-state index is 12.8. The minimum absolute atomic E-state index is 0.0172. The summed E-state index contributed by atoms with van der Waals surface area (Å²) in [5.74, 6) is 0.251. The molecular formula is C19H25NO6. The molecule has 1 aliphatic heterocycles. The van der Waals surface area contributed by atoms with E-state index in [9.17, 15) is 14.4 Å². The van der Waals surface area contributed by atoms with Gasteiger partial charge in [0.1, 0.15) is 0 Å². The van der Waals surface area contributed by atoms with Gasteiger partial charge in [-0.25, -0.2) is 0 Å². The number of Topliss-reactive ketones (excluding diaryl/α,β-unsaturated/α-hetero) is 1. The number of hydrogen-bond acceptors (Lipinski definition) is 6. The van der Waals surface area contributed by atoms with Gasteiger partial charge in [-0.2, -0.15) is 0 Å². The van der Waals surface area contributed by atoms with Crippen molar-refractivity contribution in [3.05, 3.63) is 23.8 Å². The van der Waals surface area contributed by atoms with Crippen LogP contribution in [0, 0.1) is 5.92 Å². The monoisotopic (exact) mass is 363 g/mol. The molecule has 1 aromatic carbocycles. The largest absolute Gasteiger partial charge is 0.493 e. The van der Waals surface area contributed by atoms with E-state index in [4.69, 9.17) is 9.47 Å². The van der Waals surface area contributed by atoms with Crippen LogP contribution in [0.5, 0.6) is 11.5 Å². The molecule has 1 heterocycles. The van der Waals surface area contributed by atoms with E-state index >= 15 is 0 Å². The SMILES string of the molecule is COC(=O)CCC(=O)N1CCC[C@H](C(=O)c2ccc(OC)c(OC)c2)C1.